The number of aromatic nitrogens is 1. The van der Waals surface area contributed by atoms with Crippen molar-refractivity contribution in [1.82, 2.24) is 4.57 Å². The Morgan fingerprint density at radius 3 is 2.45 bits per heavy atom. The predicted octanol–water partition coefficient (Wildman–Crippen LogP) is 2.82. The number of ketones is 1. The molecule has 1 heterocycles. The van der Waals surface area contributed by atoms with Gasteiger partial charge in [-0.25, -0.2) is 13.6 Å². The number of allylic oxidation sites excluding steroid dienone is 2. The van der Waals surface area contributed by atoms with Crippen molar-refractivity contribution in [1.29, 1.82) is 0 Å². The van der Waals surface area contributed by atoms with Gasteiger partial charge in [0.15, 0.2) is 6.61 Å². The first-order valence-corrected chi connectivity index (χ1v) is 10.9. The van der Waals surface area contributed by atoms with Gasteiger partial charge in [-0.15, -0.1) is 0 Å². The van der Waals surface area contributed by atoms with E-state index in [9.17, 15) is 18.0 Å². The zero-order chi connectivity index (χ0) is 21.2. The van der Waals surface area contributed by atoms with Crippen LogP contribution in [0.5, 0.6) is 0 Å². The van der Waals surface area contributed by atoms with Crippen molar-refractivity contribution in [2.75, 3.05) is 6.61 Å². The van der Waals surface area contributed by atoms with Gasteiger partial charge >= 0.3 is 5.97 Å². The molecule has 0 unspecified atom stereocenters. The standard InChI is InChI=1S/C21H24N2O5S/c1-14-12-19(20(24)13-28-21(25)16-6-4-3-5-7-16)15(2)23(14)17-8-10-18(11-9-17)29(22,26)27/h3-4,8-12,16H,5-7,13H2,1-2H3,(H2,22,26,27)/t16-/m0/s1. The number of sulfonamides is 1. The molecule has 1 aliphatic carbocycles. The van der Waals surface area contributed by atoms with Crippen LogP contribution in [0.1, 0.15) is 41.0 Å². The lowest BCUT2D eigenvalue weighted by molar-refractivity contribution is -0.147. The normalized spacial score (nSPS) is 16.6. The number of hydrogen-bond acceptors (Lipinski definition) is 5. The quantitative estimate of drug-likeness (QED) is 0.442. The van der Waals surface area contributed by atoms with Crippen LogP contribution in [-0.4, -0.2) is 31.3 Å². The summed E-state index contributed by atoms with van der Waals surface area (Å²) in [5, 5.41) is 5.14. The van der Waals surface area contributed by atoms with Crippen molar-refractivity contribution < 1.29 is 22.7 Å². The number of nitrogens with two attached hydrogens (primary N) is 1. The molecule has 7 nitrogen and oxygen atoms in total. The Labute approximate surface area is 170 Å². The number of rotatable bonds is 6. The Balaban J connectivity index is 1.75. The number of primary sulfonamides is 1. The molecule has 0 saturated carbocycles. The fourth-order valence-corrected chi connectivity index (χ4v) is 4.08. The minimum Gasteiger partial charge on any atom is -0.457 e. The molecule has 2 aromatic rings. The molecule has 3 rings (SSSR count). The Bertz CT molecular complexity index is 1070. The first kappa shape index (κ1) is 21.0. The predicted molar refractivity (Wildman–Crippen MR) is 108 cm³/mol. The molecular weight excluding hydrogens is 392 g/mol. The van der Waals surface area contributed by atoms with Gasteiger partial charge in [-0.2, -0.15) is 0 Å². The summed E-state index contributed by atoms with van der Waals surface area (Å²) >= 11 is 0. The molecule has 0 radical (unpaired) electrons. The van der Waals surface area contributed by atoms with Crippen LogP contribution in [0.15, 0.2) is 47.4 Å². The largest absolute Gasteiger partial charge is 0.457 e. The third kappa shape index (κ3) is 4.65. The summed E-state index contributed by atoms with van der Waals surface area (Å²) in [7, 11) is -3.77. The van der Waals surface area contributed by atoms with Crippen molar-refractivity contribution in [3.05, 3.63) is 59.4 Å². The summed E-state index contributed by atoms with van der Waals surface area (Å²) in [5.41, 5.74) is 2.66. The van der Waals surface area contributed by atoms with Crippen molar-refractivity contribution in [3.63, 3.8) is 0 Å². The molecule has 1 aromatic carbocycles. The smallest absolute Gasteiger partial charge is 0.309 e. The van der Waals surface area contributed by atoms with Crippen molar-refractivity contribution in [2.45, 2.75) is 38.0 Å². The van der Waals surface area contributed by atoms with Gasteiger partial charge in [0.1, 0.15) is 0 Å². The van der Waals surface area contributed by atoms with E-state index in [1.807, 2.05) is 23.6 Å². The van der Waals surface area contributed by atoms with Crippen molar-refractivity contribution >= 4 is 21.8 Å². The minimum absolute atomic E-state index is 0.0180. The van der Waals surface area contributed by atoms with Crippen LogP contribution in [-0.2, 0) is 19.6 Å². The SMILES string of the molecule is Cc1cc(C(=O)COC(=O)[C@H]2CC=CCC2)c(C)n1-c1ccc(S(N)(=O)=O)cc1. The number of nitrogens with zero attached hydrogens (tertiary/aromatic N) is 1. The lowest BCUT2D eigenvalue weighted by Gasteiger charge is -2.16. The average molecular weight is 416 g/mol. The van der Waals surface area contributed by atoms with E-state index in [2.05, 4.69) is 0 Å². The summed E-state index contributed by atoms with van der Waals surface area (Å²) in [6, 6.07) is 7.84. The molecular formula is C21H24N2O5S. The Morgan fingerprint density at radius 1 is 1.17 bits per heavy atom. The number of Topliss-reactive ketones (excluding diaryl/α,β-unsaturated/α-hetero) is 1. The fourth-order valence-electron chi connectivity index (χ4n) is 3.57. The summed E-state index contributed by atoms with van der Waals surface area (Å²) in [4.78, 5) is 24.8. The molecule has 0 bridgehead atoms. The number of carbonyl (C=O) groups excluding carboxylic acids is 2. The molecule has 29 heavy (non-hydrogen) atoms. The van der Waals surface area contributed by atoms with Crippen molar-refractivity contribution in [3.8, 4) is 5.69 Å². The third-order valence-corrected chi connectivity index (χ3v) is 6.03. The molecule has 8 heteroatoms. The number of aryl methyl sites for hydroxylation is 1. The lowest BCUT2D eigenvalue weighted by atomic mass is 9.95. The van der Waals surface area contributed by atoms with Crippen LogP contribution >= 0.6 is 0 Å². The zero-order valence-corrected chi connectivity index (χ0v) is 17.2. The average Bonchev–Trinajstić information content (AvgIpc) is 3.00. The van der Waals surface area contributed by atoms with Crippen LogP contribution < -0.4 is 5.14 Å². The van der Waals surface area contributed by atoms with Crippen LogP contribution in [0, 0.1) is 19.8 Å². The van der Waals surface area contributed by atoms with Gasteiger partial charge in [-0.05, 0) is 63.4 Å². The van der Waals surface area contributed by atoms with E-state index in [-0.39, 0.29) is 29.2 Å². The maximum atomic E-state index is 12.6. The number of carbonyl (C=O) groups is 2. The van der Waals surface area contributed by atoms with Gasteiger partial charge in [0, 0.05) is 22.6 Å². The van der Waals surface area contributed by atoms with E-state index in [4.69, 9.17) is 9.88 Å². The molecule has 154 valence electrons. The molecule has 0 spiro atoms. The molecule has 1 atom stereocenters. The summed E-state index contributed by atoms with van der Waals surface area (Å²) in [5.74, 6) is -0.794. The maximum absolute atomic E-state index is 12.6. The topological polar surface area (TPSA) is 108 Å². The van der Waals surface area contributed by atoms with E-state index in [0.717, 1.165) is 18.5 Å². The summed E-state index contributed by atoms with van der Waals surface area (Å²) in [6.45, 7) is 3.34. The zero-order valence-electron chi connectivity index (χ0n) is 16.4. The number of esters is 1. The van der Waals surface area contributed by atoms with Crippen LogP contribution in [0.4, 0.5) is 0 Å². The van der Waals surface area contributed by atoms with Gasteiger partial charge in [0.2, 0.25) is 15.8 Å². The number of ether oxygens (including phenoxy) is 1. The fraction of sp³-hybridized carbons (Fsp3) is 0.333. The second-order valence-electron chi connectivity index (χ2n) is 7.17. The van der Waals surface area contributed by atoms with E-state index in [0.29, 0.717) is 23.4 Å². The Kier molecular flexibility index (Phi) is 6.04. The van der Waals surface area contributed by atoms with Crippen LogP contribution in [0.3, 0.4) is 0 Å². The van der Waals surface area contributed by atoms with Gasteiger partial charge < -0.3 is 9.30 Å². The molecule has 1 aromatic heterocycles. The van der Waals surface area contributed by atoms with Crippen LogP contribution in [0.2, 0.25) is 0 Å². The van der Waals surface area contributed by atoms with Gasteiger partial charge in [-0.1, -0.05) is 12.2 Å². The number of benzene rings is 1. The highest BCUT2D eigenvalue weighted by Crippen LogP contribution is 2.23. The highest BCUT2D eigenvalue weighted by atomic mass is 32.2. The van der Waals surface area contributed by atoms with Crippen molar-refractivity contribution in [2.24, 2.45) is 11.1 Å². The van der Waals surface area contributed by atoms with Gasteiger partial charge in [0.05, 0.1) is 10.8 Å². The lowest BCUT2D eigenvalue weighted by Crippen LogP contribution is -2.22. The van der Waals surface area contributed by atoms with E-state index in [1.165, 1.54) is 12.1 Å². The third-order valence-electron chi connectivity index (χ3n) is 5.10. The van der Waals surface area contributed by atoms with Gasteiger partial charge in [0.25, 0.3) is 0 Å². The van der Waals surface area contributed by atoms with E-state index in [1.54, 1.807) is 25.1 Å². The first-order valence-electron chi connectivity index (χ1n) is 9.35. The highest BCUT2D eigenvalue weighted by molar-refractivity contribution is 7.89. The molecule has 0 aliphatic heterocycles. The molecule has 1 aliphatic rings. The highest BCUT2D eigenvalue weighted by Gasteiger charge is 2.23. The molecule has 0 fully saturated rings. The minimum atomic E-state index is -3.77. The first-order chi connectivity index (χ1) is 13.7. The summed E-state index contributed by atoms with van der Waals surface area (Å²) in [6.07, 6.45) is 6.24. The van der Waals surface area contributed by atoms with Crippen LogP contribution in [0.25, 0.3) is 5.69 Å². The van der Waals surface area contributed by atoms with E-state index >= 15 is 0 Å². The Morgan fingerprint density at radius 2 is 1.86 bits per heavy atom. The maximum Gasteiger partial charge on any atom is 0.309 e. The van der Waals surface area contributed by atoms with Gasteiger partial charge in [-0.3, -0.25) is 9.59 Å². The summed E-state index contributed by atoms with van der Waals surface area (Å²) < 4.78 is 30.0. The van der Waals surface area contributed by atoms with E-state index < -0.39 is 10.0 Å². The Hall–Kier alpha value is -2.71. The number of hydrogen-bond donors (Lipinski definition) is 1. The second-order valence-corrected chi connectivity index (χ2v) is 8.73. The molecule has 0 amide bonds. The monoisotopic (exact) mass is 416 g/mol. The molecule has 0 saturated heterocycles. The second kappa shape index (κ2) is 8.34. The molecule has 2 N–H and O–H groups in total.